The molecule has 0 aromatic heterocycles. The predicted molar refractivity (Wildman–Crippen MR) is 67.2 cm³/mol. The zero-order valence-electron chi connectivity index (χ0n) is 10.2. The highest BCUT2D eigenvalue weighted by Crippen LogP contribution is 2.34. The molecule has 0 spiro atoms. The molecule has 3 nitrogen and oxygen atoms in total. The summed E-state index contributed by atoms with van der Waals surface area (Å²) >= 11 is 0. The Balaban J connectivity index is 2.25. The van der Waals surface area contributed by atoms with Crippen molar-refractivity contribution >= 4 is 5.69 Å². The van der Waals surface area contributed by atoms with Gasteiger partial charge in [-0.2, -0.15) is 0 Å². The van der Waals surface area contributed by atoms with Crippen LogP contribution in [-0.4, -0.2) is 25.7 Å². The topological polar surface area (TPSA) is 38.5 Å². The molecule has 2 unspecified atom stereocenters. The van der Waals surface area contributed by atoms with Crippen molar-refractivity contribution in [2.24, 2.45) is 5.73 Å². The average Bonchev–Trinajstić information content (AvgIpc) is 2.56. The molecule has 0 aliphatic carbocycles. The van der Waals surface area contributed by atoms with E-state index >= 15 is 0 Å². The van der Waals surface area contributed by atoms with Crippen LogP contribution >= 0.6 is 0 Å². The number of anilines is 1. The first-order valence-corrected chi connectivity index (χ1v) is 5.87. The third kappa shape index (κ3) is 1.87. The molecule has 0 saturated carbocycles. The number of fused-ring (bicyclic) bond motifs is 1. The zero-order valence-corrected chi connectivity index (χ0v) is 10.2. The Labute approximate surface area is 97.2 Å². The molecule has 88 valence electrons. The Morgan fingerprint density at radius 3 is 2.94 bits per heavy atom. The summed E-state index contributed by atoms with van der Waals surface area (Å²) in [6.45, 7) is 4.78. The highest BCUT2D eigenvalue weighted by atomic mass is 16.5. The van der Waals surface area contributed by atoms with E-state index in [1.54, 1.807) is 0 Å². The molecular weight excluding hydrogens is 200 g/mol. The van der Waals surface area contributed by atoms with Crippen molar-refractivity contribution in [2.75, 3.05) is 18.6 Å². The molecule has 0 fully saturated rings. The molecule has 2 atom stereocenters. The second-order valence-corrected chi connectivity index (χ2v) is 4.47. The molecular formula is C13H20N2O. The lowest BCUT2D eigenvalue weighted by molar-refractivity contribution is 0.340. The second kappa shape index (κ2) is 4.34. The van der Waals surface area contributed by atoms with Gasteiger partial charge in [0.15, 0.2) is 0 Å². The summed E-state index contributed by atoms with van der Waals surface area (Å²) in [5.41, 5.74) is 8.62. The van der Waals surface area contributed by atoms with E-state index in [9.17, 15) is 0 Å². The maximum atomic E-state index is 5.99. The molecule has 1 aromatic carbocycles. The minimum Gasteiger partial charge on any atom is -0.494 e. The normalized spacial score (nSPS) is 20.8. The fourth-order valence-electron chi connectivity index (χ4n) is 2.41. The number of ether oxygens (including phenoxy) is 1. The van der Waals surface area contributed by atoms with Crippen molar-refractivity contribution in [3.63, 3.8) is 0 Å². The lowest BCUT2D eigenvalue weighted by Gasteiger charge is -2.25. The van der Waals surface area contributed by atoms with Crippen LogP contribution in [0.5, 0.6) is 5.75 Å². The number of rotatable bonds is 3. The predicted octanol–water partition coefficient (Wildman–Crippen LogP) is 1.79. The number of hydrogen-bond donors (Lipinski definition) is 1. The van der Waals surface area contributed by atoms with Crippen LogP contribution < -0.4 is 15.4 Å². The highest BCUT2D eigenvalue weighted by Gasteiger charge is 2.29. The lowest BCUT2D eigenvalue weighted by atomic mass is 10.1. The van der Waals surface area contributed by atoms with Crippen molar-refractivity contribution in [1.29, 1.82) is 0 Å². The van der Waals surface area contributed by atoms with Crippen molar-refractivity contribution < 1.29 is 4.74 Å². The first kappa shape index (κ1) is 11.3. The molecule has 1 heterocycles. The van der Waals surface area contributed by atoms with E-state index in [-0.39, 0.29) is 6.04 Å². The van der Waals surface area contributed by atoms with Crippen LogP contribution in [0.4, 0.5) is 5.69 Å². The number of likely N-dealkylation sites (N-methyl/N-ethyl adjacent to an activating group) is 1. The first-order chi connectivity index (χ1) is 7.63. The maximum absolute atomic E-state index is 5.99. The monoisotopic (exact) mass is 220 g/mol. The number of nitrogens with two attached hydrogens (primary N) is 1. The zero-order chi connectivity index (χ0) is 11.7. The molecule has 0 bridgehead atoms. The van der Waals surface area contributed by atoms with Gasteiger partial charge in [-0.15, -0.1) is 0 Å². The summed E-state index contributed by atoms with van der Waals surface area (Å²) < 4.78 is 5.51. The molecule has 1 aliphatic rings. The fraction of sp³-hybridized carbons (Fsp3) is 0.538. The summed E-state index contributed by atoms with van der Waals surface area (Å²) in [4.78, 5) is 2.27. The molecule has 1 aliphatic heterocycles. The smallest absolute Gasteiger partial charge is 0.119 e. The van der Waals surface area contributed by atoms with Crippen LogP contribution in [0.2, 0.25) is 0 Å². The summed E-state index contributed by atoms with van der Waals surface area (Å²) in [6.07, 6.45) is 1.02. The first-order valence-electron chi connectivity index (χ1n) is 5.87. The Morgan fingerprint density at radius 2 is 2.31 bits per heavy atom. The summed E-state index contributed by atoms with van der Waals surface area (Å²) in [6, 6.07) is 6.89. The summed E-state index contributed by atoms with van der Waals surface area (Å²) in [7, 11) is 2.11. The maximum Gasteiger partial charge on any atom is 0.119 e. The summed E-state index contributed by atoms with van der Waals surface area (Å²) in [5, 5.41) is 0. The van der Waals surface area contributed by atoms with Crippen LogP contribution in [0.3, 0.4) is 0 Å². The van der Waals surface area contributed by atoms with Crippen LogP contribution in [-0.2, 0) is 6.42 Å². The second-order valence-electron chi connectivity index (χ2n) is 4.47. The van der Waals surface area contributed by atoms with E-state index in [2.05, 4.69) is 31.0 Å². The average molecular weight is 220 g/mol. The van der Waals surface area contributed by atoms with Crippen LogP contribution in [0.15, 0.2) is 18.2 Å². The molecule has 0 saturated heterocycles. The van der Waals surface area contributed by atoms with E-state index < -0.39 is 0 Å². The van der Waals surface area contributed by atoms with Crippen LogP contribution in [0, 0.1) is 0 Å². The van der Waals surface area contributed by atoms with Crippen LogP contribution in [0.25, 0.3) is 0 Å². The van der Waals surface area contributed by atoms with Gasteiger partial charge in [0.25, 0.3) is 0 Å². The molecule has 0 radical (unpaired) electrons. The quantitative estimate of drug-likeness (QED) is 0.844. The third-order valence-corrected chi connectivity index (χ3v) is 3.28. The van der Waals surface area contributed by atoms with Gasteiger partial charge in [-0.25, -0.2) is 0 Å². The van der Waals surface area contributed by atoms with Crippen molar-refractivity contribution in [1.82, 2.24) is 0 Å². The molecule has 3 heteroatoms. The van der Waals surface area contributed by atoms with Gasteiger partial charge < -0.3 is 15.4 Å². The van der Waals surface area contributed by atoms with Crippen LogP contribution in [0.1, 0.15) is 19.4 Å². The Bertz CT molecular complexity index is 376. The third-order valence-electron chi connectivity index (χ3n) is 3.28. The lowest BCUT2D eigenvalue weighted by Crippen LogP contribution is -2.42. The largest absolute Gasteiger partial charge is 0.494 e. The van der Waals surface area contributed by atoms with E-state index in [1.165, 1.54) is 11.3 Å². The van der Waals surface area contributed by atoms with Gasteiger partial charge in [0.2, 0.25) is 0 Å². The molecule has 16 heavy (non-hydrogen) atoms. The van der Waals surface area contributed by atoms with Gasteiger partial charge in [-0.05, 0) is 44.0 Å². The van der Waals surface area contributed by atoms with Crippen molar-refractivity contribution in [3.05, 3.63) is 23.8 Å². The van der Waals surface area contributed by atoms with Gasteiger partial charge >= 0.3 is 0 Å². The standard InChI is InChI=1S/C13H20N2O/c1-4-16-11-5-6-12-10(7-11)8-13(9(2)14)15(12)3/h5-7,9,13H,4,8,14H2,1-3H3. The van der Waals surface area contributed by atoms with Gasteiger partial charge in [-0.1, -0.05) is 0 Å². The Hall–Kier alpha value is -1.22. The SMILES string of the molecule is CCOc1ccc2c(c1)CC(C(C)N)N2C. The van der Waals surface area contributed by atoms with Gasteiger partial charge in [-0.3, -0.25) is 0 Å². The minimum absolute atomic E-state index is 0.188. The van der Waals surface area contributed by atoms with E-state index in [0.717, 1.165) is 12.2 Å². The molecule has 2 N–H and O–H groups in total. The van der Waals surface area contributed by atoms with Gasteiger partial charge in [0, 0.05) is 24.8 Å². The highest BCUT2D eigenvalue weighted by molar-refractivity contribution is 5.61. The molecule has 2 rings (SSSR count). The number of benzene rings is 1. The minimum atomic E-state index is 0.188. The van der Waals surface area contributed by atoms with E-state index in [0.29, 0.717) is 12.6 Å². The Kier molecular flexibility index (Phi) is 3.06. The Morgan fingerprint density at radius 1 is 1.56 bits per heavy atom. The van der Waals surface area contributed by atoms with E-state index in [1.807, 2.05) is 13.0 Å². The number of nitrogens with zero attached hydrogens (tertiary/aromatic N) is 1. The van der Waals surface area contributed by atoms with Crippen molar-refractivity contribution in [2.45, 2.75) is 32.4 Å². The van der Waals surface area contributed by atoms with E-state index in [4.69, 9.17) is 10.5 Å². The summed E-state index contributed by atoms with van der Waals surface area (Å²) in [5.74, 6) is 0.958. The fourth-order valence-corrected chi connectivity index (χ4v) is 2.41. The van der Waals surface area contributed by atoms with Gasteiger partial charge in [0.05, 0.1) is 6.61 Å². The number of hydrogen-bond acceptors (Lipinski definition) is 3. The van der Waals surface area contributed by atoms with Gasteiger partial charge in [0.1, 0.15) is 5.75 Å². The molecule has 0 amide bonds. The molecule has 1 aromatic rings. The van der Waals surface area contributed by atoms with Crippen molar-refractivity contribution in [3.8, 4) is 5.75 Å².